The van der Waals surface area contributed by atoms with Crippen molar-refractivity contribution in [1.29, 1.82) is 0 Å². The number of anilines is 1. The van der Waals surface area contributed by atoms with E-state index in [4.69, 9.17) is 15.2 Å². The number of fused-ring (bicyclic) bond motifs is 1. The summed E-state index contributed by atoms with van der Waals surface area (Å²) >= 11 is 0. The number of rotatable bonds is 5. The first-order chi connectivity index (χ1) is 9.83. The largest absolute Gasteiger partial charge is 0.493 e. The summed E-state index contributed by atoms with van der Waals surface area (Å²) in [6, 6.07) is 8.28. The van der Waals surface area contributed by atoms with Crippen LogP contribution in [0.4, 0.5) is 5.69 Å². The van der Waals surface area contributed by atoms with Crippen LogP contribution in [0.2, 0.25) is 0 Å². The highest BCUT2D eigenvalue weighted by atomic mass is 16.5. The molecule has 1 aromatic carbocycles. The Morgan fingerprint density at radius 3 is 3.20 bits per heavy atom. The molecule has 0 aromatic heterocycles. The van der Waals surface area contributed by atoms with Crippen LogP contribution in [0.3, 0.4) is 0 Å². The van der Waals surface area contributed by atoms with Crippen LogP contribution in [0.25, 0.3) is 0 Å². The van der Waals surface area contributed by atoms with Crippen molar-refractivity contribution < 1.29 is 9.47 Å². The van der Waals surface area contributed by atoms with Gasteiger partial charge in [-0.25, -0.2) is 0 Å². The highest BCUT2D eigenvalue weighted by molar-refractivity contribution is 5.43. The SMILES string of the molecule is Nc1cccc(OCCCN2CCOC3CCCC32)c1. The molecule has 2 fully saturated rings. The van der Waals surface area contributed by atoms with Gasteiger partial charge in [0.15, 0.2) is 0 Å². The molecule has 4 heteroatoms. The number of nitrogen functional groups attached to an aromatic ring is 1. The van der Waals surface area contributed by atoms with Crippen LogP contribution in [0.5, 0.6) is 5.75 Å². The Morgan fingerprint density at radius 2 is 2.30 bits per heavy atom. The van der Waals surface area contributed by atoms with Gasteiger partial charge in [-0.3, -0.25) is 4.90 Å². The van der Waals surface area contributed by atoms with Gasteiger partial charge in [-0.05, 0) is 37.8 Å². The van der Waals surface area contributed by atoms with Crippen molar-refractivity contribution in [2.75, 3.05) is 32.0 Å². The van der Waals surface area contributed by atoms with Crippen LogP contribution >= 0.6 is 0 Å². The van der Waals surface area contributed by atoms with Crippen LogP contribution in [-0.4, -0.2) is 43.3 Å². The molecule has 20 heavy (non-hydrogen) atoms. The lowest BCUT2D eigenvalue weighted by molar-refractivity contribution is -0.0564. The Labute approximate surface area is 120 Å². The molecule has 0 radical (unpaired) electrons. The Kier molecular flexibility index (Phi) is 4.43. The molecule has 2 N–H and O–H groups in total. The van der Waals surface area contributed by atoms with E-state index in [1.807, 2.05) is 24.3 Å². The molecule has 2 atom stereocenters. The standard InChI is InChI=1S/C16H24N2O2/c17-13-4-1-5-14(12-13)19-10-3-8-18-9-11-20-16-7-2-6-15(16)18/h1,4-5,12,15-16H,2-3,6-11,17H2. The van der Waals surface area contributed by atoms with E-state index in [0.29, 0.717) is 12.1 Å². The number of hydrogen-bond acceptors (Lipinski definition) is 4. The fourth-order valence-corrected chi connectivity index (χ4v) is 3.35. The van der Waals surface area contributed by atoms with E-state index in [2.05, 4.69) is 4.90 Å². The van der Waals surface area contributed by atoms with Crippen LogP contribution in [0, 0.1) is 0 Å². The Bertz CT molecular complexity index is 438. The van der Waals surface area contributed by atoms with E-state index in [1.165, 1.54) is 19.3 Å². The zero-order valence-electron chi connectivity index (χ0n) is 12.0. The average molecular weight is 276 g/mol. The van der Waals surface area contributed by atoms with Crippen molar-refractivity contribution in [3.05, 3.63) is 24.3 Å². The summed E-state index contributed by atoms with van der Waals surface area (Å²) in [6.07, 6.45) is 5.38. The quantitative estimate of drug-likeness (QED) is 0.662. The van der Waals surface area contributed by atoms with E-state index in [1.54, 1.807) is 0 Å². The second kappa shape index (κ2) is 6.46. The maximum Gasteiger partial charge on any atom is 0.121 e. The summed E-state index contributed by atoms with van der Waals surface area (Å²) in [5, 5.41) is 0. The van der Waals surface area contributed by atoms with E-state index in [9.17, 15) is 0 Å². The van der Waals surface area contributed by atoms with Gasteiger partial charge in [0.25, 0.3) is 0 Å². The summed E-state index contributed by atoms with van der Waals surface area (Å²) in [6.45, 7) is 3.81. The highest BCUT2D eigenvalue weighted by Crippen LogP contribution is 2.29. The van der Waals surface area contributed by atoms with Gasteiger partial charge >= 0.3 is 0 Å². The number of ether oxygens (including phenoxy) is 2. The summed E-state index contributed by atoms with van der Waals surface area (Å²) in [7, 11) is 0. The van der Waals surface area contributed by atoms with Gasteiger partial charge in [0.05, 0.1) is 19.3 Å². The molecule has 1 aromatic rings. The molecular weight excluding hydrogens is 252 g/mol. The molecule has 1 heterocycles. The first kappa shape index (κ1) is 13.7. The van der Waals surface area contributed by atoms with Gasteiger partial charge in [0.1, 0.15) is 5.75 Å². The van der Waals surface area contributed by atoms with Crippen molar-refractivity contribution in [1.82, 2.24) is 4.90 Å². The lowest BCUT2D eigenvalue weighted by Gasteiger charge is -2.37. The Balaban J connectivity index is 1.41. The van der Waals surface area contributed by atoms with Gasteiger partial charge in [-0.1, -0.05) is 6.07 Å². The third kappa shape index (κ3) is 3.25. The van der Waals surface area contributed by atoms with Crippen LogP contribution in [0.1, 0.15) is 25.7 Å². The van der Waals surface area contributed by atoms with Crippen molar-refractivity contribution in [3.8, 4) is 5.75 Å². The fourth-order valence-electron chi connectivity index (χ4n) is 3.35. The minimum absolute atomic E-state index is 0.485. The molecule has 110 valence electrons. The van der Waals surface area contributed by atoms with Gasteiger partial charge in [0.2, 0.25) is 0 Å². The van der Waals surface area contributed by atoms with Crippen molar-refractivity contribution in [2.24, 2.45) is 0 Å². The van der Waals surface area contributed by atoms with Gasteiger partial charge in [0, 0.05) is 30.9 Å². The van der Waals surface area contributed by atoms with Crippen molar-refractivity contribution in [2.45, 2.75) is 37.8 Å². The summed E-state index contributed by atoms with van der Waals surface area (Å²) in [5.41, 5.74) is 6.49. The predicted octanol–water partition coefficient (Wildman–Crippen LogP) is 2.29. The van der Waals surface area contributed by atoms with Gasteiger partial charge in [-0.15, -0.1) is 0 Å². The molecule has 1 aliphatic heterocycles. The third-order valence-corrected chi connectivity index (χ3v) is 4.31. The smallest absolute Gasteiger partial charge is 0.121 e. The first-order valence-corrected chi connectivity index (χ1v) is 7.67. The molecule has 1 saturated carbocycles. The lowest BCUT2D eigenvalue weighted by atomic mass is 10.1. The lowest BCUT2D eigenvalue weighted by Crippen LogP contribution is -2.48. The average Bonchev–Trinajstić information content (AvgIpc) is 2.93. The molecule has 0 amide bonds. The predicted molar refractivity (Wildman–Crippen MR) is 79.9 cm³/mol. The zero-order chi connectivity index (χ0) is 13.8. The maximum absolute atomic E-state index is 5.83. The molecule has 1 saturated heterocycles. The first-order valence-electron chi connectivity index (χ1n) is 7.67. The van der Waals surface area contributed by atoms with Crippen LogP contribution in [0.15, 0.2) is 24.3 Å². The minimum atomic E-state index is 0.485. The Morgan fingerprint density at radius 1 is 1.35 bits per heavy atom. The highest BCUT2D eigenvalue weighted by Gasteiger charge is 2.35. The second-order valence-electron chi connectivity index (χ2n) is 5.72. The molecule has 4 nitrogen and oxygen atoms in total. The molecule has 0 bridgehead atoms. The fraction of sp³-hybridized carbons (Fsp3) is 0.625. The summed E-state index contributed by atoms with van der Waals surface area (Å²) in [5.74, 6) is 0.866. The summed E-state index contributed by atoms with van der Waals surface area (Å²) < 4.78 is 11.6. The molecule has 0 spiro atoms. The molecule has 1 aliphatic carbocycles. The number of morpholine rings is 1. The Hall–Kier alpha value is -1.26. The molecular formula is C16H24N2O2. The van der Waals surface area contributed by atoms with E-state index >= 15 is 0 Å². The van der Waals surface area contributed by atoms with E-state index in [-0.39, 0.29) is 0 Å². The topological polar surface area (TPSA) is 47.7 Å². The number of benzene rings is 1. The monoisotopic (exact) mass is 276 g/mol. The maximum atomic E-state index is 5.83. The zero-order valence-corrected chi connectivity index (χ0v) is 12.0. The number of nitrogens with two attached hydrogens (primary N) is 1. The normalized spacial score (nSPS) is 26.4. The van der Waals surface area contributed by atoms with Gasteiger partial charge < -0.3 is 15.2 Å². The van der Waals surface area contributed by atoms with E-state index < -0.39 is 0 Å². The second-order valence-corrected chi connectivity index (χ2v) is 5.72. The molecule has 3 rings (SSSR count). The van der Waals surface area contributed by atoms with Crippen LogP contribution < -0.4 is 10.5 Å². The van der Waals surface area contributed by atoms with Crippen molar-refractivity contribution in [3.63, 3.8) is 0 Å². The van der Waals surface area contributed by atoms with E-state index in [0.717, 1.165) is 44.2 Å². The number of nitrogens with zero attached hydrogens (tertiary/aromatic N) is 1. The molecule has 2 aliphatic rings. The number of hydrogen-bond donors (Lipinski definition) is 1. The van der Waals surface area contributed by atoms with Crippen LogP contribution in [-0.2, 0) is 4.74 Å². The van der Waals surface area contributed by atoms with Crippen molar-refractivity contribution >= 4 is 5.69 Å². The summed E-state index contributed by atoms with van der Waals surface area (Å²) in [4.78, 5) is 2.59. The van der Waals surface area contributed by atoms with Gasteiger partial charge in [-0.2, -0.15) is 0 Å². The molecule has 2 unspecified atom stereocenters. The third-order valence-electron chi connectivity index (χ3n) is 4.31. The minimum Gasteiger partial charge on any atom is -0.493 e.